The maximum absolute atomic E-state index is 9.21. The van der Waals surface area contributed by atoms with Crippen molar-refractivity contribution in [2.24, 2.45) is 0 Å². The number of halogens is 1. The standard InChI is InChI=1S/C8H17NO.ClH/c1-6-7(10)5-9(6)8(2,3)4;/h6-7,10H,5H2,1-4H3;1H. The molecule has 0 aliphatic carbocycles. The average molecular weight is 180 g/mol. The van der Waals surface area contributed by atoms with Crippen LogP contribution < -0.4 is 0 Å². The molecule has 68 valence electrons. The lowest BCUT2D eigenvalue weighted by atomic mass is 9.92. The molecule has 0 aromatic rings. The van der Waals surface area contributed by atoms with E-state index in [4.69, 9.17) is 0 Å². The van der Waals surface area contributed by atoms with Crippen LogP contribution in [0.3, 0.4) is 0 Å². The van der Waals surface area contributed by atoms with Gasteiger partial charge in [0.05, 0.1) is 6.10 Å². The molecule has 0 radical (unpaired) electrons. The van der Waals surface area contributed by atoms with Crippen molar-refractivity contribution in [2.75, 3.05) is 6.54 Å². The van der Waals surface area contributed by atoms with Crippen molar-refractivity contribution in [1.82, 2.24) is 4.90 Å². The quantitative estimate of drug-likeness (QED) is 0.606. The molecule has 1 aliphatic heterocycles. The van der Waals surface area contributed by atoms with Gasteiger partial charge in [0.1, 0.15) is 0 Å². The Balaban J connectivity index is 0.000001000. The van der Waals surface area contributed by atoms with Crippen LogP contribution in [0.2, 0.25) is 0 Å². The molecule has 1 N–H and O–H groups in total. The number of likely N-dealkylation sites (tertiary alicyclic amines) is 1. The summed E-state index contributed by atoms with van der Waals surface area (Å²) in [4.78, 5) is 2.30. The monoisotopic (exact) mass is 179 g/mol. The average Bonchev–Trinajstić information content (AvgIpc) is 1.79. The predicted molar refractivity (Wildman–Crippen MR) is 49.2 cm³/mol. The summed E-state index contributed by atoms with van der Waals surface area (Å²) in [5, 5.41) is 9.21. The highest BCUT2D eigenvalue weighted by atomic mass is 35.5. The van der Waals surface area contributed by atoms with Crippen LogP contribution in [0, 0.1) is 0 Å². The van der Waals surface area contributed by atoms with Gasteiger partial charge in [0.25, 0.3) is 0 Å². The predicted octanol–water partition coefficient (Wildman–Crippen LogP) is 1.27. The number of rotatable bonds is 0. The van der Waals surface area contributed by atoms with E-state index < -0.39 is 0 Å². The second-order valence-electron chi connectivity index (χ2n) is 4.13. The van der Waals surface area contributed by atoms with Crippen LogP contribution in [0.15, 0.2) is 0 Å². The van der Waals surface area contributed by atoms with Crippen molar-refractivity contribution in [3.05, 3.63) is 0 Å². The number of nitrogens with zero attached hydrogens (tertiary/aromatic N) is 1. The van der Waals surface area contributed by atoms with Crippen molar-refractivity contribution in [2.45, 2.75) is 45.4 Å². The number of hydrogen-bond donors (Lipinski definition) is 1. The summed E-state index contributed by atoms with van der Waals surface area (Å²) < 4.78 is 0. The molecule has 2 atom stereocenters. The minimum Gasteiger partial charge on any atom is -0.390 e. The van der Waals surface area contributed by atoms with E-state index in [0.29, 0.717) is 6.04 Å². The molecule has 0 bridgehead atoms. The molecule has 1 saturated heterocycles. The SMILES string of the molecule is CC1C(O)CN1C(C)(C)C.Cl. The highest BCUT2D eigenvalue weighted by Crippen LogP contribution is 2.26. The van der Waals surface area contributed by atoms with Crippen LogP contribution in [0.1, 0.15) is 27.7 Å². The first-order valence-electron chi connectivity index (χ1n) is 3.88. The first kappa shape index (κ1) is 11.2. The highest BCUT2D eigenvalue weighted by Gasteiger charge is 2.39. The first-order valence-corrected chi connectivity index (χ1v) is 3.88. The molecule has 0 aromatic carbocycles. The smallest absolute Gasteiger partial charge is 0.0819 e. The van der Waals surface area contributed by atoms with Crippen LogP contribution in [0.25, 0.3) is 0 Å². The summed E-state index contributed by atoms with van der Waals surface area (Å²) in [6.45, 7) is 9.43. The van der Waals surface area contributed by atoms with E-state index in [1.165, 1.54) is 0 Å². The summed E-state index contributed by atoms with van der Waals surface area (Å²) >= 11 is 0. The van der Waals surface area contributed by atoms with E-state index >= 15 is 0 Å². The molecule has 0 aromatic heterocycles. The van der Waals surface area contributed by atoms with Crippen LogP contribution in [-0.2, 0) is 0 Å². The third kappa shape index (κ3) is 2.08. The molecule has 1 rings (SSSR count). The maximum atomic E-state index is 9.21. The van der Waals surface area contributed by atoms with Gasteiger partial charge in [-0.05, 0) is 27.7 Å². The molecule has 2 unspecified atom stereocenters. The van der Waals surface area contributed by atoms with E-state index in [2.05, 4.69) is 32.6 Å². The normalized spacial score (nSPS) is 32.5. The zero-order valence-corrected chi connectivity index (χ0v) is 8.48. The van der Waals surface area contributed by atoms with E-state index in [0.717, 1.165) is 6.54 Å². The summed E-state index contributed by atoms with van der Waals surface area (Å²) in [6.07, 6.45) is -0.0979. The van der Waals surface area contributed by atoms with Crippen molar-refractivity contribution < 1.29 is 5.11 Å². The Kier molecular flexibility index (Phi) is 3.36. The van der Waals surface area contributed by atoms with Gasteiger partial charge in [0.2, 0.25) is 0 Å². The van der Waals surface area contributed by atoms with E-state index in [1.54, 1.807) is 0 Å². The topological polar surface area (TPSA) is 23.5 Å². The summed E-state index contributed by atoms with van der Waals surface area (Å²) in [6, 6.07) is 0.347. The Morgan fingerprint density at radius 2 is 1.82 bits per heavy atom. The number of aliphatic hydroxyl groups excluding tert-OH is 1. The third-order valence-electron chi connectivity index (χ3n) is 2.29. The fraction of sp³-hybridized carbons (Fsp3) is 1.00. The highest BCUT2D eigenvalue weighted by molar-refractivity contribution is 5.85. The molecule has 11 heavy (non-hydrogen) atoms. The maximum Gasteiger partial charge on any atom is 0.0819 e. The van der Waals surface area contributed by atoms with Gasteiger partial charge >= 0.3 is 0 Å². The van der Waals surface area contributed by atoms with Gasteiger partial charge in [0.15, 0.2) is 0 Å². The van der Waals surface area contributed by atoms with Crippen molar-refractivity contribution in [1.29, 1.82) is 0 Å². The lowest BCUT2D eigenvalue weighted by Gasteiger charge is -2.51. The van der Waals surface area contributed by atoms with Crippen molar-refractivity contribution >= 4 is 12.4 Å². The first-order chi connectivity index (χ1) is 4.43. The van der Waals surface area contributed by atoms with Gasteiger partial charge in [0, 0.05) is 18.1 Å². The molecule has 0 amide bonds. The van der Waals surface area contributed by atoms with E-state index in [9.17, 15) is 5.11 Å². The number of β-amino-alcohol motifs (C(OH)–C–C–N with tert-alkyl or cyclic N) is 1. The molecule has 2 nitrogen and oxygen atoms in total. The van der Waals surface area contributed by atoms with Crippen LogP contribution in [-0.4, -0.2) is 34.2 Å². The Bertz CT molecular complexity index is 133. The van der Waals surface area contributed by atoms with Gasteiger partial charge in [-0.2, -0.15) is 0 Å². The molecular weight excluding hydrogens is 162 g/mol. The van der Waals surface area contributed by atoms with Crippen molar-refractivity contribution in [3.63, 3.8) is 0 Å². The minimum absolute atomic E-state index is 0. The number of aliphatic hydroxyl groups is 1. The molecule has 1 fully saturated rings. The second-order valence-corrected chi connectivity index (χ2v) is 4.13. The fourth-order valence-corrected chi connectivity index (χ4v) is 1.47. The van der Waals surface area contributed by atoms with Crippen LogP contribution in [0.5, 0.6) is 0 Å². The summed E-state index contributed by atoms with van der Waals surface area (Å²) in [5.74, 6) is 0. The third-order valence-corrected chi connectivity index (χ3v) is 2.29. The summed E-state index contributed by atoms with van der Waals surface area (Å²) in [5.41, 5.74) is 0.221. The second kappa shape index (κ2) is 3.30. The van der Waals surface area contributed by atoms with E-state index in [1.807, 2.05) is 0 Å². The van der Waals surface area contributed by atoms with Gasteiger partial charge in [-0.1, -0.05) is 0 Å². The Morgan fingerprint density at radius 3 is 1.91 bits per heavy atom. The molecule has 0 saturated carbocycles. The zero-order valence-electron chi connectivity index (χ0n) is 7.66. The van der Waals surface area contributed by atoms with Gasteiger partial charge < -0.3 is 5.11 Å². The van der Waals surface area contributed by atoms with Gasteiger partial charge in [-0.3, -0.25) is 4.90 Å². The Morgan fingerprint density at radius 1 is 1.36 bits per heavy atom. The fourth-order valence-electron chi connectivity index (χ4n) is 1.47. The summed E-state index contributed by atoms with van der Waals surface area (Å²) in [7, 11) is 0. The Hall–Kier alpha value is 0.210. The Labute approximate surface area is 75.0 Å². The lowest BCUT2D eigenvalue weighted by molar-refractivity contribution is -0.0984. The van der Waals surface area contributed by atoms with Crippen LogP contribution in [0.4, 0.5) is 0 Å². The van der Waals surface area contributed by atoms with Gasteiger partial charge in [-0.15, -0.1) is 12.4 Å². The van der Waals surface area contributed by atoms with Gasteiger partial charge in [-0.25, -0.2) is 0 Å². The molecule has 3 heteroatoms. The van der Waals surface area contributed by atoms with E-state index in [-0.39, 0.29) is 24.0 Å². The molecule has 1 aliphatic rings. The lowest BCUT2D eigenvalue weighted by Crippen LogP contribution is -2.64. The minimum atomic E-state index is -0.0979. The molecular formula is C8H18ClNO. The zero-order chi connectivity index (χ0) is 7.94. The number of hydrogen-bond acceptors (Lipinski definition) is 2. The molecule has 0 spiro atoms. The largest absolute Gasteiger partial charge is 0.390 e. The van der Waals surface area contributed by atoms with Crippen LogP contribution >= 0.6 is 12.4 Å². The molecule has 1 heterocycles. The van der Waals surface area contributed by atoms with Crippen molar-refractivity contribution in [3.8, 4) is 0 Å².